The number of carbonyl (C=O) groups is 1. The van der Waals surface area contributed by atoms with Gasteiger partial charge in [-0.25, -0.2) is 0 Å². The monoisotopic (exact) mass is 244 g/mol. The molecule has 0 radical (unpaired) electrons. The molecule has 102 valence electrons. The van der Waals surface area contributed by atoms with Gasteiger partial charge in [-0.15, -0.1) is 0 Å². The van der Waals surface area contributed by atoms with Gasteiger partial charge in [0.05, 0.1) is 6.17 Å². The molecule has 17 heavy (non-hydrogen) atoms. The lowest BCUT2D eigenvalue weighted by Gasteiger charge is -2.19. The first kappa shape index (κ1) is 16.4. The summed E-state index contributed by atoms with van der Waals surface area (Å²) in [5.74, 6) is -0.0959. The summed E-state index contributed by atoms with van der Waals surface area (Å²) in [6.07, 6.45) is 6.54. The molecule has 0 fully saturated rings. The summed E-state index contributed by atoms with van der Waals surface area (Å²) < 4.78 is 5.22. The zero-order valence-electron chi connectivity index (χ0n) is 11.5. The van der Waals surface area contributed by atoms with Crippen LogP contribution in [0.3, 0.4) is 0 Å². The number of nitrogens with two attached hydrogens (primary N) is 2. The van der Waals surface area contributed by atoms with E-state index in [1.165, 1.54) is 0 Å². The first-order chi connectivity index (χ1) is 7.81. The van der Waals surface area contributed by atoms with Gasteiger partial charge >= 0.3 is 5.97 Å². The normalized spacial score (nSPS) is 11.9. The van der Waals surface area contributed by atoms with Crippen molar-refractivity contribution in [3.63, 3.8) is 0 Å². The number of rotatable bonds is 8. The standard InChI is InChI=1S/C13H28N2O2/c1-13(2,3)17-12(16)10-8-6-4-5-7-9-11(14)15/h11H,4-10,14-15H2,1-3H3. The van der Waals surface area contributed by atoms with Crippen molar-refractivity contribution in [3.05, 3.63) is 0 Å². The molecule has 0 saturated heterocycles. The fraction of sp³-hybridized carbons (Fsp3) is 0.923. The average Bonchev–Trinajstić information content (AvgIpc) is 2.12. The molecule has 0 aliphatic heterocycles. The molecule has 0 aliphatic carbocycles. The summed E-state index contributed by atoms with van der Waals surface area (Å²) in [5.41, 5.74) is 10.5. The minimum Gasteiger partial charge on any atom is -0.460 e. The van der Waals surface area contributed by atoms with Crippen LogP contribution in [0.25, 0.3) is 0 Å². The Balaban J connectivity index is 3.31. The van der Waals surface area contributed by atoms with Crippen molar-refractivity contribution < 1.29 is 9.53 Å². The van der Waals surface area contributed by atoms with Crippen LogP contribution >= 0.6 is 0 Å². The number of hydrogen-bond acceptors (Lipinski definition) is 4. The molecular formula is C13H28N2O2. The van der Waals surface area contributed by atoms with E-state index in [0.717, 1.165) is 38.5 Å². The van der Waals surface area contributed by atoms with Crippen LogP contribution in [-0.2, 0) is 9.53 Å². The Hall–Kier alpha value is -0.610. The lowest BCUT2D eigenvalue weighted by molar-refractivity contribution is -0.154. The number of esters is 1. The zero-order chi connectivity index (χ0) is 13.3. The molecule has 0 unspecified atom stereocenters. The first-order valence-corrected chi connectivity index (χ1v) is 6.54. The van der Waals surface area contributed by atoms with Crippen molar-refractivity contribution in [1.29, 1.82) is 0 Å². The molecule has 0 aliphatic rings. The van der Waals surface area contributed by atoms with Crippen molar-refractivity contribution in [1.82, 2.24) is 0 Å². The molecule has 0 saturated carbocycles. The Labute approximate surface area is 105 Å². The Morgan fingerprint density at radius 3 is 2.12 bits per heavy atom. The molecule has 0 aromatic heterocycles. The van der Waals surface area contributed by atoms with Crippen LogP contribution in [0.1, 0.15) is 65.7 Å². The maximum Gasteiger partial charge on any atom is 0.306 e. The van der Waals surface area contributed by atoms with Crippen LogP contribution in [0, 0.1) is 0 Å². The minimum atomic E-state index is -0.367. The maximum absolute atomic E-state index is 11.4. The predicted molar refractivity (Wildman–Crippen MR) is 70.3 cm³/mol. The van der Waals surface area contributed by atoms with E-state index < -0.39 is 0 Å². The van der Waals surface area contributed by atoms with Crippen LogP contribution in [0.4, 0.5) is 0 Å². The van der Waals surface area contributed by atoms with E-state index in [0.29, 0.717) is 6.42 Å². The smallest absolute Gasteiger partial charge is 0.306 e. The summed E-state index contributed by atoms with van der Waals surface area (Å²) in [6, 6.07) is 0. The van der Waals surface area contributed by atoms with Crippen molar-refractivity contribution in [2.24, 2.45) is 11.5 Å². The lowest BCUT2D eigenvalue weighted by Crippen LogP contribution is -2.29. The highest BCUT2D eigenvalue weighted by Crippen LogP contribution is 2.12. The van der Waals surface area contributed by atoms with Crippen LogP contribution in [0.2, 0.25) is 0 Å². The third-order valence-corrected chi connectivity index (χ3v) is 2.34. The Morgan fingerprint density at radius 1 is 1.06 bits per heavy atom. The van der Waals surface area contributed by atoms with Gasteiger partial charge in [-0.1, -0.05) is 25.7 Å². The van der Waals surface area contributed by atoms with E-state index in [1.807, 2.05) is 20.8 Å². The van der Waals surface area contributed by atoms with Crippen LogP contribution in [-0.4, -0.2) is 17.7 Å². The van der Waals surface area contributed by atoms with Crippen LogP contribution < -0.4 is 11.5 Å². The van der Waals surface area contributed by atoms with Gasteiger partial charge in [0.1, 0.15) is 5.60 Å². The molecular weight excluding hydrogens is 216 g/mol. The van der Waals surface area contributed by atoms with E-state index >= 15 is 0 Å². The second-order valence-corrected chi connectivity index (χ2v) is 5.56. The molecule has 0 aromatic carbocycles. The zero-order valence-corrected chi connectivity index (χ0v) is 11.5. The summed E-state index contributed by atoms with van der Waals surface area (Å²) in [5, 5.41) is 0. The Bertz CT molecular complexity index is 210. The highest BCUT2D eigenvalue weighted by atomic mass is 16.6. The highest BCUT2D eigenvalue weighted by Gasteiger charge is 2.15. The summed E-state index contributed by atoms with van der Waals surface area (Å²) in [6.45, 7) is 5.67. The van der Waals surface area contributed by atoms with Crippen molar-refractivity contribution in [2.45, 2.75) is 77.5 Å². The molecule has 0 heterocycles. The maximum atomic E-state index is 11.4. The molecule has 0 spiro atoms. The summed E-state index contributed by atoms with van der Waals surface area (Å²) >= 11 is 0. The summed E-state index contributed by atoms with van der Waals surface area (Å²) in [7, 11) is 0. The molecule has 0 rings (SSSR count). The quantitative estimate of drug-likeness (QED) is 0.390. The minimum absolute atomic E-state index is 0.0959. The Morgan fingerprint density at radius 2 is 1.59 bits per heavy atom. The van der Waals surface area contributed by atoms with Gasteiger partial charge in [0.2, 0.25) is 0 Å². The van der Waals surface area contributed by atoms with Gasteiger partial charge in [0.15, 0.2) is 0 Å². The molecule has 0 aromatic rings. The number of ether oxygens (including phenoxy) is 1. The van der Waals surface area contributed by atoms with Gasteiger partial charge in [-0.3, -0.25) is 4.79 Å². The van der Waals surface area contributed by atoms with E-state index in [1.54, 1.807) is 0 Å². The van der Waals surface area contributed by atoms with Crippen LogP contribution in [0.15, 0.2) is 0 Å². The largest absolute Gasteiger partial charge is 0.460 e. The SMILES string of the molecule is CC(C)(C)OC(=O)CCCCCCCC(N)N. The summed E-state index contributed by atoms with van der Waals surface area (Å²) in [4.78, 5) is 11.4. The van der Waals surface area contributed by atoms with E-state index in [4.69, 9.17) is 16.2 Å². The molecule has 4 N–H and O–H groups in total. The number of hydrogen-bond donors (Lipinski definition) is 2. The third kappa shape index (κ3) is 13.3. The van der Waals surface area contributed by atoms with Gasteiger partial charge in [-0.05, 0) is 33.6 Å². The van der Waals surface area contributed by atoms with Crippen molar-refractivity contribution in [3.8, 4) is 0 Å². The molecule has 0 bridgehead atoms. The fourth-order valence-corrected chi connectivity index (χ4v) is 1.57. The van der Waals surface area contributed by atoms with Gasteiger partial charge in [0.25, 0.3) is 0 Å². The molecule has 4 nitrogen and oxygen atoms in total. The van der Waals surface area contributed by atoms with E-state index in [9.17, 15) is 4.79 Å². The fourth-order valence-electron chi connectivity index (χ4n) is 1.57. The second kappa shape index (κ2) is 8.48. The average molecular weight is 244 g/mol. The predicted octanol–water partition coefficient (Wildman–Crippen LogP) is 2.30. The third-order valence-electron chi connectivity index (χ3n) is 2.34. The number of unbranched alkanes of at least 4 members (excludes halogenated alkanes) is 4. The molecule has 4 heteroatoms. The van der Waals surface area contributed by atoms with Crippen molar-refractivity contribution in [2.75, 3.05) is 0 Å². The van der Waals surface area contributed by atoms with Gasteiger partial charge in [-0.2, -0.15) is 0 Å². The van der Waals surface area contributed by atoms with Crippen molar-refractivity contribution >= 4 is 5.97 Å². The molecule has 0 atom stereocenters. The lowest BCUT2D eigenvalue weighted by atomic mass is 10.1. The first-order valence-electron chi connectivity index (χ1n) is 6.54. The second-order valence-electron chi connectivity index (χ2n) is 5.56. The van der Waals surface area contributed by atoms with Gasteiger partial charge in [0, 0.05) is 6.42 Å². The molecule has 0 amide bonds. The Kier molecular flexibility index (Phi) is 8.17. The topological polar surface area (TPSA) is 78.3 Å². The number of carbonyl (C=O) groups excluding carboxylic acids is 1. The van der Waals surface area contributed by atoms with E-state index in [2.05, 4.69) is 0 Å². The highest BCUT2D eigenvalue weighted by molar-refractivity contribution is 5.69. The van der Waals surface area contributed by atoms with Gasteiger partial charge < -0.3 is 16.2 Å². The van der Waals surface area contributed by atoms with Crippen LogP contribution in [0.5, 0.6) is 0 Å². The van der Waals surface area contributed by atoms with E-state index in [-0.39, 0.29) is 17.7 Å².